The van der Waals surface area contributed by atoms with Crippen LogP contribution in [0, 0.1) is 0 Å². The van der Waals surface area contributed by atoms with Crippen molar-refractivity contribution in [2.24, 2.45) is 0 Å². The van der Waals surface area contributed by atoms with Gasteiger partial charge in [-0.25, -0.2) is 9.97 Å². The van der Waals surface area contributed by atoms with E-state index in [9.17, 15) is 0 Å². The lowest BCUT2D eigenvalue weighted by molar-refractivity contribution is 0.608. The molecule has 0 aromatic carbocycles. The zero-order valence-electron chi connectivity index (χ0n) is 6.00. The van der Waals surface area contributed by atoms with E-state index in [0.29, 0.717) is 0 Å². The Morgan fingerprint density at radius 3 is 2.55 bits per heavy atom. The number of aromatic nitrogens is 2. The molecule has 3 nitrogen and oxygen atoms in total. The van der Waals surface area contributed by atoms with Crippen LogP contribution in [0.5, 0.6) is 0 Å². The van der Waals surface area contributed by atoms with Crippen LogP contribution in [0.25, 0.3) is 0 Å². The van der Waals surface area contributed by atoms with Gasteiger partial charge in [-0.3, -0.25) is 0 Å². The molecule has 1 aliphatic heterocycles. The van der Waals surface area contributed by atoms with Crippen LogP contribution in [-0.4, -0.2) is 23.1 Å². The van der Waals surface area contributed by atoms with E-state index >= 15 is 0 Å². The molecule has 1 saturated heterocycles. The van der Waals surface area contributed by atoms with Crippen molar-refractivity contribution in [1.29, 1.82) is 0 Å². The number of nitrogens with zero attached hydrogens (tertiary/aromatic N) is 3. The minimum absolute atomic E-state index is 0.793. The molecule has 1 aromatic heterocycles. The van der Waals surface area contributed by atoms with E-state index in [1.807, 2.05) is 0 Å². The summed E-state index contributed by atoms with van der Waals surface area (Å²) in [5, 5.41) is 0. The fraction of sp³-hybridized carbons (Fsp3) is 0.429. The van der Waals surface area contributed by atoms with Crippen LogP contribution < -0.4 is 4.90 Å². The van der Waals surface area contributed by atoms with Gasteiger partial charge in [0.1, 0.15) is 10.4 Å². The summed E-state index contributed by atoms with van der Waals surface area (Å²) in [6, 6.07) is 0. The number of anilines is 1. The maximum atomic E-state index is 4.22. The second-order valence-corrected chi connectivity index (χ2v) is 3.35. The molecule has 0 N–H and O–H groups in total. The van der Waals surface area contributed by atoms with Crippen molar-refractivity contribution in [1.82, 2.24) is 9.97 Å². The van der Waals surface area contributed by atoms with Gasteiger partial charge in [-0.1, -0.05) is 0 Å². The van der Waals surface area contributed by atoms with Crippen LogP contribution in [0.2, 0.25) is 0 Å². The van der Waals surface area contributed by atoms with E-state index in [-0.39, 0.29) is 0 Å². The van der Waals surface area contributed by atoms with Gasteiger partial charge in [-0.15, -0.1) is 0 Å². The first kappa shape index (κ1) is 7.03. The van der Waals surface area contributed by atoms with Gasteiger partial charge in [0.2, 0.25) is 0 Å². The average molecular weight is 214 g/mol. The van der Waals surface area contributed by atoms with Crippen LogP contribution in [0.1, 0.15) is 6.42 Å². The van der Waals surface area contributed by atoms with Gasteiger partial charge in [0.25, 0.3) is 0 Å². The first-order chi connectivity index (χ1) is 5.36. The smallest absolute Gasteiger partial charge is 0.147 e. The molecule has 2 rings (SSSR count). The van der Waals surface area contributed by atoms with Gasteiger partial charge >= 0.3 is 0 Å². The van der Waals surface area contributed by atoms with Gasteiger partial charge < -0.3 is 4.90 Å². The number of hydrogen-bond donors (Lipinski definition) is 0. The lowest BCUT2D eigenvalue weighted by atomic mass is 10.2. The van der Waals surface area contributed by atoms with Gasteiger partial charge in [0.05, 0.1) is 12.4 Å². The van der Waals surface area contributed by atoms with Crippen LogP contribution in [-0.2, 0) is 0 Å². The summed E-state index contributed by atoms with van der Waals surface area (Å²) in [5.74, 6) is 0.986. The van der Waals surface area contributed by atoms with Gasteiger partial charge in [-0.2, -0.15) is 0 Å². The first-order valence-electron chi connectivity index (χ1n) is 3.59. The Morgan fingerprint density at radius 2 is 2.09 bits per heavy atom. The molecule has 2 heterocycles. The number of halogens is 1. The zero-order valence-corrected chi connectivity index (χ0v) is 7.58. The van der Waals surface area contributed by atoms with Crippen LogP contribution in [0.3, 0.4) is 0 Å². The Hall–Kier alpha value is -0.640. The second kappa shape index (κ2) is 2.77. The van der Waals surface area contributed by atoms with Gasteiger partial charge in [-0.05, 0) is 22.4 Å². The highest BCUT2D eigenvalue weighted by Gasteiger charge is 2.15. The normalized spacial score (nSPS) is 16.3. The molecule has 0 amide bonds. The van der Waals surface area contributed by atoms with Crippen molar-refractivity contribution in [2.45, 2.75) is 6.42 Å². The predicted octanol–water partition coefficient (Wildman–Crippen LogP) is 1.45. The second-order valence-electron chi connectivity index (χ2n) is 2.54. The summed E-state index contributed by atoms with van der Waals surface area (Å²) in [6.45, 7) is 2.24. The Bertz CT molecular complexity index is 242. The van der Waals surface area contributed by atoms with E-state index in [0.717, 1.165) is 23.5 Å². The highest BCUT2D eigenvalue weighted by Crippen LogP contribution is 2.17. The molecule has 0 saturated carbocycles. The Labute approximate surface area is 73.6 Å². The number of hydrogen-bond acceptors (Lipinski definition) is 3. The highest BCUT2D eigenvalue weighted by molar-refractivity contribution is 9.10. The third kappa shape index (κ3) is 1.35. The largest absolute Gasteiger partial charge is 0.355 e. The molecule has 11 heavy (non-hydrogen) atoms. The summed E-state index contributed by atoms with van der Waals surface area (Å²) < 4.78 is 0.793. The topological polar surface area (TPSA) is 29.0 Å². The van der Waals surface area contributed by atoms with Crippen LogP contribution >= 0.6 is 15.9 Å². The summed E-state index contributed by atoms with van der Waals surface area (Å²) in [7, 11) is 0. The fourth-order valence-electron chi connectivity index (χ4n) is 1.01. The van der Waals surface area contributed by atoms with Gasteiger partial charge in [0, 0.05) is 13.1 Å². The van der Waals surface area contributed by atoms with E-state index in [2.05, 4.69) is 30.8 Å². The molecule has 1 fully saturated rings. The van der Waals surface area contributed by atoms with Crippen molar-refractivity contribution in [3.63, 3.8) is 0 Å². The predicted molar refractivity (Wildman–Crippen MR) is 46.6 cm³/mol. The molecule has 58 valence electrons. The molecule has 1 aliphatic rings. The molecule has 0 radical (unpaired) electrons. The molecular weight excluding hydrogens is 206 g/mol. The number of rotatable bonds is 1. The van der Waals surface area contributed by atoms with Crippen molar-refractivity contribution in [2.75, 3.05) is 18.0 Å². The quantitative estimate of drug-likeness (QED) is 0.708. The Kier molecular flexibility index (Phi) is 1.77. The van der Waals surface area contributed by atoms with E-state index in [1.54, 1.807) is 12.4 Å². The average Bonchev–Trinajstić information content (AvgIpc) is 1.90. The maximum Gasteiger partial charge on any atom is 0.147 e. The maximum absolute atomic E-state index is 4.22. The minimum atomic E-state index is 0.793. The Balaban J connectivity index is 2.18. The van der Waals surface area contributed by atoms with E-state index < -0.39 is 0 Å². The molecular formula is C7H8BrN3. The molecule has 4 heteroatoms. The van der Waals surface area contributed by atoms with Crippen molar-refractivity contribution in [3.8, 4) is 0 Å². The lowest BCUT2D eigenvalue weighted by Crippen LogP contribution is -2.37. The summed E-state index contributed by atoms with van der Waals surface area (Å²) in [5.41, 5.74) is 0. The molecule has 0 atom stereocenters. The molecule has 0 unspecified atom stereocenters. The summed E-state index contributed by atoms with van der Waals surface area (Å²) in [6.07, 6.45) is 4.80. The third-order valence-electron chi connectivity index (χ3n) is 1.79. The first-order valence-corrected chi connectivity index (χ1v) is 4.38. The van der Waals surface area contributed by atoms with Crippen LogP contribution in [0.15, 0.2) is 17.0 Å². The Morgan fingerprint density at radius 1 is 1.27 bits per heavy atom. The SMILES string of the molecule is Brc1cnc(N2CCC2)cn1. The summed E-state index contributed by atoms with van der Waals surface area (Å²) >= 11 is 3.24. The summed E-state index contributed by atoms with van der Waals surface area (Å²) in [4.78, 5) is 10.5. The van der Waals surface area contributed by atoms with Crippen molar-refractivity contribution in [3.05, 3.63) is 17.0 Å². The third-order valence-corrected chi connectivity index (χ3v) is 2.20. The van der Waals surface area contributed by atoms with E-state index in [4.69, 9.17) is 0 Å². The standard InChI is InChI=1S/C7H8BrN3/c8-6-4-10-7(5-9-6)11-2-1-3-11/h4-5H,1-3H2. The van der Waals surface area contributed by atoms with E-state index in [1.165, 1.54) is 6.42 Å². The lowest BCUT2D eigenvalue weighted by Gasteiger charge is -2.31. The van der Waals surface area contributed by atoms with Crippen molar-refractivity contribution >= 4 is 21.7 Å². The minimum Gasteiger partial charge on any atom is -0.355 e. The molecule has 0 aliphatic carbocycles. The fourth-order valence-corrected chi connectivity index (χ4v) is 1.22. The highest BCUT2D eigenvalue weighted by atomic mass is 79.9. The zero-order chi connectivity index (χ0) is 7.68. The van der Waals surface area contributed by atoms with Gasteiger partial charge in [0.15, 0.2) is 0 Å². The molecule has 1 aromatic rings. The monoisotopic (exact) mass is 213 g/mol. The molecule has 0 bridgehead atoms. The van der Waals surface area contributed by atoms with Crippen LogP contribution in [0.4, 0.5) is 5.82 Å². The molecule has 0 spiro atoms. The van der Waals surface area contributed by atoms with Crippen molar-refractivity contribution < 1.29 is 0 Å².